The third-order valence-corrected chi connectivity index (χ3v) is 5.96. The van der Waals surface area contributed by atoms with Crippen LogP contribution in [0.1, 0.15) is 11.1 Å². The Hall–Kier alpha value is -2.81. The molecule has 0 N–H and O–H groups in total. The first-order chi connectivity index (χ1) is 17.1. The summed E-state index contributed by atoms with van der Waals surface area (Å²) in [5, 5.41) is 5.37. The summed E-state index contributed by atoms with van der Waals surface area (Å²) >= 11 is 0. The molecule has 0 aromatic heterocycles. The summed E-state index contributed by atoms with van der Waals surface area (Å²) in [6, 6.07) is 43.1. The minimum Gasteiger partial charge on any atom is -0.165 e. The van der Waals surface area contributed by atoms with Gasteiger partial charge in [0.05, 0.1) is 0 Å². The number of fused-ring (bicyclic) bond motifs is 2. The third-order valence-electron chi connectivity index (χ3n) is 5.96. The summed E-state index contributed by atoms with van der Waals surface area (Å²) in [5.41, 5.74) is 7.89. The molecule has 0 aliphatic rings. The van der Waals surface area contributed by atoms with Crippen molar-refractivity contribution in [3.05, 3.63) is 132 Å². The molecule has 36 heavy (non-hydrogen) atoms. The van der Waals surface area contributed by atoms with Crippen LogP contribution < -0.4 is 0 Å². The van der Waals surface area contributed by atoms with Gasteiger partial charge in [-0.3, -0.25) is 0 Å². The summed E-state index contributed by atoms with van der Waals surface area (Å²) in [5.74, 6) is 0. The maximum absolute atomic E-state index is 2.26. The van der Waals surface area contributed by atoms with E-state index in [9.17, 15) is 0 Å². The molecule has 0 aliphatic carbocycles. The molecule has 178 valence electrons. The zero-order valence-electron chi connectivity index (χ0n) is 21.5. The minimum absolute atomic E-state index is 0. The Bertz CT molecular complexity index is 1370. The monoisotopic (exact) mass is 648 g/mol. The summed E-state index contributed by atoms with van der Waals surface area (Å²) in [4.78, 5) is 0. The van der Waals surface area contributed by atoms with Crippen molar-refractivity contribution in [1.29, 1.82) is 0 Å². The molecule has 0 saturated heterocycles. The molecule has 6 aromatic rings. The Kier molecular flexibility index (Phi) is 10.4. The summed E-state index contributed by atoms with van der Waals surface area (Å²) in [6.45, 7) is 8.60. The maximum Gasteiger partial charge on any atom is 0.0307 e. The van der Waals surface area contributed by atoms with E-state index in [2.05, 4.69) is 148 Å². The maximum atomic E-state index is 2.26. The van der Waals surface area contributed by atoms with Crippen LogP contribution in [-0.2, 0) is 25.8 Å². The second-order valence-corrected chi connectivity index (χ2v) is 9.91. The molecule has 0 spiro atoms. The van der Waals surface area contributed by atoms with E-state index in [1.54, 1.807) is 0 Å². The van der Waals surface area contributed by atoms with Gasteiger partial charge in [-0.25, -0.2) is 0 Å². The fraction of sp³-hybridized carbons (Fsp3) is 0.118. The fourth-order valence-electron chi connectivity index (χ4n) is 4.51. The Labute approximate surface area is 237 Å². The van der Waals surface area contributed by atoms with E-state index in [0.717, 1.165) is 9.52 Å². The predicted octanol–water partition coefficient (Wildman–Crippen LogP) is 9.85. The molecule has 2 radical (unpaired) electrons. The smallest absolute Gasteiger partial charge is 0.0307 e. The van der Waals surface area contributed by atoms with Gasteiger partial charge < -0.3 is 0 Å². The van der Waals surface area contributed by atoms with Crippen molar-refractivity contribution < 1.29 is 25.8 Å². The van der Waals surface area contributed by atoms with E-state index < -0.39 is 0 Å². The van der Waals surface area contributed by atoms with Gasteiger partial charge in [0.2, 0.25) is 0 Å². The second-order valence-electron chi connectivity index (χ2n) is 8.91. The summed E-state index contributed by atoms with van der Waals surface area (Å²) in [7, 11) is 1.08. The molecule has 6 rings (SSSR count). The fourth-order valence-corrected chi connectivity index (χ4v) is 4.51. The van der Waals surface area contributed by atoms with Crippen LogP contribution in [0.25, 0.3) is 43.8 Å². The predicted molar refractivity (Wildman–Crippen MR) is 157 cm³/mol. The first kappa shape index (κ1) is 27.8. The van der Waals surface area contributed by atoms with Gasteiger partial charge in [-0.15, -0.1) is 69.1 Å². The Morgan fingerprint density at radius 1 is 0.500 bits per heavy atom. The zero-order valence-corrected chi connectivity index (χ0v) is 26.1. The molecule has 0 saturated carbocycles. The van der Waals surface area contributed by atoms with E-state index in [1.807, 2.05) is 0 Å². The number of benzene rings is 4. The van der Waals surface area contributed by atoms with Crippen LogP contribution in [-0.4, -0.2) is 9.52 Å². The van der Waals surface area contributed by atoms with Gasteiger partial charge in [0.1, 0.15) is 0 Å². The summed E-state index contributed by atoms with van der Waals surface area (Å²) in [6.07, 6.45) is 0. The number of hydrogen-bond donors (Lipinski definition) is 0. The molecule has 0 nitrogen and oxygen atoms in total. The Morgan fingerprint density at radius 3 is 1.22 bits per heavy atom. The second kappa shape index (κ2) is 13.5. The molecule has 6 aromatic carbocycles. The number of hydrogen-bond acceptors (Lipinski definition) is 0. The Balaban J connectivity index is 0.000000177. The average Bonchev–Trinajstić information content (AvgIpc) is 3.46. The Morgan fingerprint density at radius 2 is 0.861 bits per heavy atom. The normalized spacial score (nSPS) is 10.1. The van der Waals surface area contributed by atoms with Crippen molar-refractivity contribution in [1.82, 2.24) is 0 Å². The zero-order chi connectivity index (χ0) is 24.6. The molecule has 0 heterocycles. The van der Waals surface area contributed by atoms with E-state index in [0.29, 0.717) is 0 Å². The van der Waals surface area contributed by atoms with E-state index in [-0.39, 0.29) is 25.8 Å². The van der Waals surface area contributed by atoms with Crippen molar-refractivity contribution in [2.24, 2.45) is 0 Å². The van der Waals surface area contributed by atoms with Gasteiger partial charge in [0.25, 0.3) is 0 Å². The van der Waals surface area contributed by atoms with Crippen LogP contribution in [0.3, 0.4) is 0 Å². The number of aryl methyl sites for hydroxylation is 2. The van der Waals surface area contributed by atoms with Crippen molar-refractivity contribution in [3.8, 4) is 22.3 Å². The minimum atomic E-state index is 0. The van der Waals surface area contributed by atoms with Crippen molar-refractivity contribution in [3.63, 3.8) is 0 Å². The van der Waals surface area contributed by atoms with Crippen LogP contribution in [0, 0.1) is 13.8 Å². The molecular weight excluding hydrogens is 615 g/mol. The van der Waals surface area contributed by atoms with Gasteiger partial charge in [-0.05, 0) is 11.1 Å². The van der Waals surface area contributed by atoms with Gasteiger partial charge >= 0.3 is 0 Å². The SMILES string of the molecule is C[Si]C.Cc1cc2c(-c3ccccc3)cccc2[cH-]1.Cc1cc2c(-c3ccccc3)cccc2[cH-]1.[Hf]. The van der Waals surface area contributed by atoms with Crippen LogP contribution in [0.5, 0.6) is 0 Å². The first-order valence-corrected chi connectivity index (χ1v) is 14.1. The van der Waals surface area contributed by atoms with Gasteiger partial charge in [0, 0.05) is 35.4 Å². The average molecular weight is 647 g/mol. The van der Waals surface area contributed by atoms with Crippen LogP contribution in [0.2, 0.25) is 13.1 Å². The van der Waals surface area contributed by atoms with Crippen LogP contribution in [0.15, 0.2) is 121 Å². The molecule has 2 heteroatoms. The molecule has 0 bridgehead atoms. The molecule has 0 aliphatic heterocycles. The molecule has 0 fully saturated rings. The van der Waals surface area contributed by atoms with Gasteiger partial charge in [-0.2, -0.15) is 12.1 Å². The van der Waals surface area contributed by atoms with E-state index in [4.69, 9.17) is 0 Å². The third kappa shape index (κ3) is 6.69. The molecule has 0 atom stereocenters. The molecule has 0 amide bonds. The van der Waals surface area contributed by atoms with Gasteiger partial charge in [-0.1, -0.05) is 111 Å². The quantitative estimate of drug-likeness (QED) is 0.130. The van der Waals surface area contributed by atoms with Gasteiger partial charge in [0.15, 0.2) is 0 Å². The summed E-state index contributed by atoms with van der Waals surface area (Å²) < 4.78 is 0. The van der Waals surface area contributed by atoms with E-state index in [1.165, 1.54) is 54.9 Å². The molecular formula is C34H32HfSi-2. The van der Waals surface area contributed by atoms with Crippen LogP contribution in [0.4, 0.5) is 0 Å². The van der Waals surface area contributed by atoms with Crippen LogP contribution >= 0.6 is 0 Å². The topological polar surface area (TPSA) is 0 Å². The van der Waals surface area contributed by atoms with Crippen molar-refractivity contribution in [2.45, 2.75) is 26.9 Å². The molecule has 0 unspecified atom stereocenters. The van der Waals surface area contributed by atoms with E-state index >= 15 is 0 Å². The number of rotatable bonds is 2. The van der Waals surface area contributed by atoms with Crippen molar-refractivity contribution >= 4 is 31.1 Å². The largest absolute Gasteiger partial charge is 0.165 e. The van der Waals surface area contributed by atoms with Crippen molar-refractivity contribution in [2.75, 3.05) is 0 Å². The first-order valence-electron chi connectivity index (χ1n) is 12.1. The standard InChI is InChI=1S/2C16H13.C2H6Si.Hf/c2*1-12-10-14-8-5-9-15(16(14)11-12)13-6-3-2-4-7-13;1-3-2;/h2*2-11H,1H3;1-2H3;/q2*-1;;.